The van der Waals surface area contributed by atoms with Crippen molar-refractivity contribution in [3.8, 4) is 16.4 Å². The highest BCUT2D eigenvalue weighted by molar-refractivity contribution is 7.17. The summed E-state index contributed by atoms with van der Waals surface area (Å²) in [4.78, 5) is 26.3. The molecule has 0 aliphatic rings. The zero-order valence-corrected chi connectivity index (χ0v) is 16.5. The Morgan fingerprint density at radius 2 is 1.86 bits per heavy atom. The minimum Gasteiger partial charge on any atom is -0.306 e. The number of anilines is 1. The summed E-state index contributed by atoms with van der Waals surface area (Å²) in [5, 5.41) is 8.07. The quantitative estimate of drug-likeness (QED) is 0.570. The summed E-state index contributed by atoms with van der Waals surface area (Å²) >= 11 is 1.36. The number of benzene rings is 1. The number of nitrogens with one attached hydrogen (secondary N) is 1. The second-order valence-corrected chi connectivity index (χ2v) is 7.35. The third-order valence-corrected chi connectivity index (χ3v) is 5.35. The van der Waals surface area contributed by atoms with Gasteiger partial charge in [-0.15, -0.1) is 11.3 Å². The van der Waals surface area contributed by atoms with Crippen LogP contribution in [0.1, 0.15) is 26.8 Å². The lowest BCUT2D eigenvalue weighted by atomic mass is 10.2. The average molecular weight is 390 g/mol. The molecule has 8 heteroatoms. The van der Waals surface area contributed by atoms with Gasteiger partial charge in [-0.2, -0.15) is 5.10 Å². The van der Waals surface area contributed by atoms with Crippen molar-refractivity contribution in [1.29, 1.82) is 0 Å². The molecule has 0 saturated heterocycles. The molecule has 0 spiro atoms. The number of aryl methyl sites for hydroxylation is 3. The van der Waals surface area contributed by atoms with E-state index in [-0.39, 0.29) is 5.91 Å². The monoisotopic (exact) mass is 390 g/mol. The van der Waals surface area contributed by atoms with Crippen molar-refractivity contribution in [2.75, 3.05) is 5.32 Å². The molecule has 0 unspecified atom stereocenters. The number of thiazole rings is 1. The van der Waals surface area contributed by atoms with Crippen LogP contribution in [0.15, 0.2) is 48.8 Å². The van der Waals surface area contributed by atoms with E-state index in [9.17, 15) is 4.79 Å². The molecular weight excluding hydrogens is 372 g/mol. The van der Waals surface area contributed by atoms with Gasteiger partial charge in [-0.1, -0.05) is 30.3 Å². The number of carbonyl (C=O) groups excluding carboxylic acids is 1. The van der Waals surface area contributed by atoms with Gasteiger partial charge in [-0.05, 0) is 26.8 Å². The summed E-state index contributed by atoms with van der Waals surface area (Å²) in [5.41, 5.74) is 3.53. The molecule has 140 valence electrons. The van der Waals surface area contributed by atoms with E-state index >= 15 is 0 Å². The largest absolute Gasteiger partial charge is 0.306 e. The van der Waals surface area contributed by atoms with E-state index in [1.165, 1.54) is 17.7 Å². The van der Waals surface area contributed by atoms with E-state index in [4.69, 9.17) is 0 Å². The van der Waals surface area contributed by atoms with Gasteiger partial charge in [0.2, 0.25) is 0 Å². The smallest absolute Gasteiger partial charge is 0.268 e. The van der Waals surface area contributed by atoms with Crippen LogP contribution in [0.25, 0.3) is 16.4 Å². The van der Waals surface area contributed by atoms with Crippen LogP contribution in [-0.4, -0.2) is 30.6 Å². The summed E-state index contributed by atoms with van der Waals surface area (Å²) < 4.78 is 1.72. The number of aromatic nitrogens is 5. The van der Waals surface area contributed by atoms with Gasteiger partial charge in [-0.3, -0.25) is 4.79 Å². The molecule has 0 fully saturated rings. The Labute approximate surface area is 166 Å². The van der Waals surface area contributed by atoms with Crippen LogP contribution < -0.4 is 5.32 Å². The minimum atomic E-state index is -0.241. The van der Waals surface area contributed by atoms with E-state index in [1.807, 2.05) is 57.2 Å². The standard InChI is InChI=1S/C20H18N6OS/c1-12-9-13(2)26(25-12)17-10-16(21-11-22-17)24-19(27)18-14(3)23-20(28-18)15-7-5-4-6-8-15/h4-11H,1-3H3,(H,21,22,24,27). The van der Waals surface area contributed by atoms with Gasteiger partial charge in [0.1, 0.15) is 22.0 Å². The molecule has 3 aromatic heterocycles. The zero-order valence-electron chi connectivity index (χ0n) is 15.7. The number of hydrogen-bond acceptors (Lipinski definition) is 6. The molecule has 0 aliphatic carbocycles. The van der Waals surface area contributed by atoms with E-state index < -0.39 is 0 Å². The van der Waals surface area contributed by atoms with Crippen molar-refractivity contribution in [2.24, 2.45) is 0 Å². The summed E-state index contributed by atoms with van der Waals surface area (Å²) in [6, 6.07) is 13.5. The van der Waals surface area contributed by atoms with Crippen LogP contribution >= 0.6 is 11.3 Å². The van der Waals surface area contributed by atoms with Gasteiger partial charge >= 0.3 is 0 Å². The van der Waals surface area contributed by atoms with E-state index in [2.05, 4.69) is 25.4 Å². The lowest BCUT2D eigenvalue weighted by Crippen LogP contribution is -2.13. The van der Waals surface area contributed by atoms with Crippen LogP contribution in [0.3, 0.4) is 0 Å². The van der Waals surface area contributed by atoms with Crippen molar-refractivity contribution < 1.29 is 4.79 Å². The number of carbonyl (C=O) groups is 1. The predicted octanol–water partition coefficient (Wildman–Crippen LogP) is 3.96. The Morgan fingerprint density at radius 1 is 1.07 bits per heavy atom. The van der Waals surface area contributed by atoms with Gasteiger partial charge in [0.05, 0.1) is 11.4 Å². The van der Waals surface area contributed by atoms with Gasteiger partial charge in [-0.25, -0.2) is 19.6 Å². The van der Waals surface area contributed by atoms with Crippen LogP contribution in [0, 0.1) is 20.8 Å². The molecule has 0 atom stereocenters. The van der Waals surface area contributed by atoms with Crippen LogP contribution in [-0.2, 0) is 0 Å². The molecule has 0 saturated carbocycles. The number of hydrogen-bond donors (Lipinski definition) is 1. The molecule has 0 aliphatic heterocycles. The summed E-state index contributed by atoms with van der Waals surface area (Å²) in [7, 11) is 0. The fourth-order valence-electron chi connectivity index (χ4n) is 2.88. The van der Waals surface area contributed by atoms with E-state index in [0.29, 0.717) is 22.2 Å². The lowest BCUT2D eigenvalue weighted by molar-refractivity contribution is 0.102. The Morgan fingerprint density at radius 3 is 2.57 bits per heavy atom. The van der Waals surface area contributed by atoms with Crippen molar-refractivity contribution in [2.45, 2.75) is 20.8 Å². The van der Waals surface area contributed by atoms with Crippen LogP contribution in [0.2, 0.25) is 0 Å². The summed E-state index contributed by atoms with van der Waals surface area (Å²) in [6.45, 7) is 5.70. The second kappa shape index (κ2) is 7.32. The first-order valence-electron chi connectivity index (χ1n) is 8.71. The molecule has 3 heterocycles. The SMILES string of the molecule is Cc1cc(C)n(-c2cc(NC(=O)c3sc(-c4ccccc4)nc3C)ncn2)n1. The van der Waals surface area contributed by atoms with Crippen molar-refractivity contribution in [1.82, 2.24) is 24.7 Å². The van der Waals surface area contributed by atoms with Gasteiger partial charge in [0.25, 0.3) is 5.91 Å². The van der Waals surface area contributed by atoms with Crippen molar-refractivity contribution in [3.05, 3.63) is 70.8 Å². The highest BCUT2D eigenvalue weighted by Gasteiger charge is 2.17. The Balaban J connectivity index is 1.59. The molecule has 28 heavy (non-hydrogen) atoms. The maximum atomic E-state index is 12.8. The maximum Gasteiger partial charge on any atom is 0.268 e. The molecule has 7 nitrogen and oxygen atoms in total. The van der Waals surface area contributed by atoms with Crippen molar-refractivity contribution >= 4 is 23.1 Å². The van der Waals surface area contributed by atoms with E-state index in [1.54, 1.807) is 10.7 Å². The molecule has 0 radical (unpaired) electrons. The molecule has 1 aromatic carbocycles. The van der Waals surface area contributed by atoms with Crippen LogP contribution in [0.4, 0.5) is 5.82 Å². The molecule has 4 rings (SSSR count). The summed E-state index contributed by atoms with van der Waals surface area (Å²) in [5.74, 6) is 0.772. The summed E-state index contributed by atoms with van der Waals surface area (Å²) in [6.07, 6.45) is 1.41. The predicted molar refractivity (Wildman–Crippen MR) is 109 cm³/mol. The molecule has 1 amide bonds. The third kappa shape index (κ3) is 3.54. The maximum absolute atomic E-state index is 12.8. The first-order valence-corrected chi connectivity index (χ1v) is 9.53. The first-order chi connectivity index (χ1) is 13.5. The fraction of sp³-hybridized carbons (Fsp3) is 0.150. The van der Waals surface area contributed by atoms with E-state index in [0.717, 1.165) is 22.0 Å². The van der Waals surface area contributed by atoms with Crippen molar-refractivity contribution in [3.63, 3.8) is 0 Å². The Bertz CT molecular complexity index is 1150. The van der Waals surface area contributed by atoms with Gasteiger partial charge in [0.15, 0.2) is 5.82 Å². The number of nitrogens with zero attached hydrogens (tertiary/aromatic N) is 5. The lowest BCUT2D eigenvalue weighted by Gasteiger charge is -2.06. The highest BCUT2D eigenvalue weighted by Crippen LogP contribution is 2.28. The zero-order chi connectivity index (χ0) is 19.7. The average Bonchev–Trinajstić information content (AvgIpc) is 3.24. The normalized spacial score (nSPS) is 10.8. The Hall–Kier alpha value is -3.39. The Kier molecular flexibility index (Phi) is 4.70. The molecule has 0 bridgehead atoms. The van der Waals surface area contributed by atoms with Gasteiger partial charge in [0, 0.05) is 17.3 Å². The number of amides is 1. The topological polar surface area (TPSA) is 85.6 Å². The van der Waals surface area contributed by atoms with Gasteiger partial charge < -0.3 is 5.32 Å². The highest BCUT2D eigenvalue weighted by atomic mass is 32.1. The van der Waals surface area contributed by atoms with Crippen LogP contribution in [0.5, 0.6) is 0 Å². The second-order valence-electron chi connectivity index (χ2n) is 6.35. The molecule has 4 aromatic rings. The first kappa shape index (κ1) is 18.0. The number of rotatable bonds is 4. The molecular formula is C20H18N6OS. The fourth-order valence-corrected chi connectivity index (χ4v) is 3.84. The molecule has 1 N–H and O–H groups in total. The third-order valence-electron chi connectivity index (χ3n) is 4.14. The minimum absolute atomic E-state index is 0.241.